The van der Waals surface area contributed by atoms with E-state index in [2.05, 4.69) is 0 Å². The minimum absolute atomic E-state index is 0.0523. The normalized spacial score (nSPS) is 28.6. The van der Waals surface area contributed by atoms with Crippen LogP contribution < -0.4 is 0 Å². The van der Waals surface area contributed by atoms with E-state index in [4.69, 9.17) is 4.74 Å². The summed E-state index contributed by atoms with van der Waals surface area (Å²) >= 11 is 0. The SMILES string of the molecule is O=C(O[C@H]1C[C@@H]2CC[C@H]1C2)c1ccc(C(F)(F)F)cc1. The molecular formula is C15H15F3O2. The molecule has 0 unspecified atom stereocenters. The smallest absolute Gasteiger partial charge is 0.416 e. The number of alkyl halides is 3. The van der Waals surface area contributed by atoms with Gasteiger partial charge in [-0.2, -0.15) is 13.2 Å². The lowest BCUT2D eigenvalue weighted by atomic mass is 9.98. The topological polar surface area (TPSA) is 26.3 Å². The Morgan fingerprint density at radius 3 is 2.30 bits per heavy atom. The Morgan fingerprint density at radius 1 is 1.10 bits per heavy atom. The van der Waals surface area contributed by atoms with Crippen LogP contribution in [0.2, 0.25) is 0 Å². The summed E-state index contributed by atoms with van der Waals surface area (Å²) in [7, 11) is 0. The minimum Gasteiger partial charge on any atom is -0.458 e. The lowest BCUT2D eigenvalue weighted by molar-refractivity contribution is -0.137. The first-order chi connectivity index (χ1) is 9.43. The number of carbonyl (C=O) groups is 1. The summed E-state index contributed by atoms with van der Waals surface area (Å²) in [5.41, 5.74) is -0.574. The third kappa shape index (κ3) is 2.53. The fraction of sp³-hybridized carbons (Fsp3) is 0.533. The molecule has 0 amide bonds. The third-order valence-electron chi connectivity index (χ3n) is 4.38. The van der Waals surface area contributed by atoms with Crippen molar-refractivity contribution in [1.82, 2.24) is 0 Å². The van der Waals surface area contributed by atoms with E-state index in [1.807, 2.05) is 0 Å². The third-order valence-corrected chi connectivity index (χ3v) is 4.38. The van der Waals surface area contributed by atoms with Gasteiger partial charge in [0.05, 0.1) is 11.1 Å². The Balaban J connectivity index is 1.65. The van der Waals surface area contributed by atoms with Gasteiger partial charge in [-0.25, -0.2) is 4.79 Å². The van der Waals surface area contributed by atoms with Crippen molar-refractivity contribution in [1.29, 1.82) is 0 Å². The molecule has 2 nitrogen and oxygen atoms in total. The highest BCUT2D eigenvalue weighted by molar-refractivity contribution is 5.89. The molecule has 3 atom stereocenters. The molecule has 0 heterocycles. The van der Waals surface area contributed by atoms with E-state index < -0.39 is 17.7 Å². The highest BCUT2D eigenvalue weighted by Gasteiger charge is 2.41. The van der Waals surface area contributed by atoms with Gasteiger partial charge in [0.15, 0.2) is 0 Å². The summed E-state index contributed by atoms with van der Waals surface area (Å²) in [6.45, 7) is 0. The largest absolute Gasteiger partial charge is 0.458 e. The van der Waals surface area contributed by atoms with Gasteiger partial charge in [0, 0.05) is 0 Å². The molecule has 20 heavy (non-hydrogen) atoms. The first-order valence-corrected chi connectivity index (χ1v) is 6.82. The van der Waals surface area contributed by atoms with Crippen LogP contribution in [0.1, 0.15) is 41.6 Å². The summed E-state index contributed by atoms with van der Waals surface area (Å²) in [6, 6.07) is 4.19. The van der Waals surface area contributed by atoms with Gasteiger partial charge in [-0.1, -0.05) is 0 Å². The van der Waals surface area contributed by atoms with Crippen LogP contribution in [0.5, 0.6) is 0 Å². The first-order valence-electron chi connectivity index (χ1n) is 6.82. The van der Waals surface area contributed by atoms with E-state index in [1.54, 1.807) is 0 Å². The monoisotopic (exact) mass is 284 g/mol. The Morgan fingerprint density at radius 2 is 1.80 bits per heavy atom. The van der Waals surface area contributed by atoms with Crippen LogP contribution in [0.25, 0.3) is 0 Å². The van der Waals surface area contributed by atoms with Crippen molar-refractivity contribution in [2.45, 2.75) is 38.0 Å². The maximum absolute atomic E-state index is 12.4. The van der Waals surface area contributed by atoms with Crippen molar-refractivity contribution >= 4 is 5.97 Å². The van der Waals surface area contributed by atoms with Gasteiger partial charge in [0.25, 0.3) is 0 Å². The average Bonchev–Trinajstić information content (AvgIpc) is 3.00. The molecule has 0 spiro atoms. The predicted octanol–water partition coefficient (Wildman–Crippen LogP) is 4.05. The fourth-order valence-corrected chi connectivity index (χ4v) is 3.33. The molecule has 2 saturated carbocycles. The molecule has 1 aromatic carbocycles. The number of ether oxygens (including phenoxy) is 1. The van der Waals surface area contributed by atoms with Crippen molar-refractivity contribution in [2.75, 3.05) is 0 Å². The van der Waals surface area contributed by atoms with E-state index in [0.29, 0.717) is 11.8 Å². The van der Waals surface area contributed by atoms with Crippen LogP contribution in [0.3, 0.4) is 0 Å². The van der Waals surface area contributed by atoms with Crippen LogP contribution in [0.4, 0.5) is 13.2 Å². The molecule has 0 aliphatic heterocycles. The van der Waals surface area contributed by atoms with Crippen molar-refractivity contribution in [3.8, 4) is 0 Å². The zero-order valence-electron chi connectivity index (χ0n) is 10.8. The molecule has 0 saturated heterocycles. The van der Waals surface area contributed by atoms with Gasteiger partial charge in [-0.3, -0.25) is 0 Å². The van der Waals surface area contributed by atoms with Crippen molar-refractivity contribution in [2.24, 2.45) is 11.8 Å². The maximum Gasteiger partial charge on any atom is 0.416 e. The van der Waals surface area contributed by atoms with Crippen LogP contribution >= 0.6 is 0 Å². The van der Waals surface area contributed by atoms with Gasteiger partial charge in [-0.15, -0.1) is 0 Å². The summed E-state index contributed by atoms with van der Waals surface area (Å²) in [6.07, 6.45) is -0.118. The summed E-state index contributed by atoms with van der Waals surface area (Å²) < 4.78 is 42.7. The number of benzene rings is 1. The molecule has 0 radical (unpaired) electrons. The van der Waals surface area contributed by atoms with E-state index in [-0.39, 0.29) is 11.7 Å². The zero-order chi connectivity index (χ0) is 14.3. The fourth-order valence-electron chi connectivity index (χ4n) is 3.33. The number of rotatable bonds is 2. The lowest BCUT2D eigenvalue weighted by Gasteiger charge is -2.21. The summed E-state index contributed by atoms with van der Waals surface area (Å²) in [4.78, 5) is 11.9. The highest BCUT2D eigenvalue weighted by atomic mass is 19.4. The first kappa shape index (κ1) is 13.5. The van der Waals surface area contributed by atoms with Crippen molar-refractivity contribution in [3.05, 3.63) is 35.4 Å². The summed E-state index contributed by atoms with van der Waals surface area (Å²) in [5.74, 6) is 0.583. The van der Waals surface area contributed by atoms with Crippen LogP contribution in [0.15, 0.2) is 24.3 Å². The molecule has 108 valence electrons. The molecule has 1 aromatic rings. The quantitative estimate of drug-likeness (QED) is 0.766. The number of esters is 1. The molecule has 3 rings (SSSR count). The van der Waals surface area contributed by atoms with Crippen molar-refractivity contribution < 1.29 is 22.7 Å². The van der Waals surface area contributed by atoms with Gasteiger partial charge in [0.2, 0.25) is 0 Å². The Bertz CT molecular complexity index is 507. The maximum atomic E-state index is 12.4. The molecule has 2 aliphatic rings. The molecule has 0 aromatic heterocycles. The molecule has 5 heteroatoms. The Kier molecular flexibility index (Phi) is 3.22. The van der Waals surface area contributed by atoms with Crippen LogP contribution in [-0.2, 0) is 10.9 Å². The highest BCUT2D eigenvalue weighted by Crippen LogP contribution is 2.46. The minimum atomic E-state index is -4.38. The second kappa shape index (κ2) is 4.79. The molecule has 2 bridgehead atoms. The van der Waals surface area contributed by atoms with Gasteiger partial charge >= 0.3 is 12.1 Å². The Hall–Kier alpha value is -1.52. The van der Waals surface area contributed by atoms with Crippen molar-refractivity contribution in [3.63, 3.8) is 0 Å². The number of hydrogen-bond acceptors (Lipinski definition) is 2. The van der Waals surface area contributed by atoms with E-state index in [1.165, 1.54) is 18.6 Å². The standard InChI is InChI=1S/C15H15F3O2/c16-15(17,18)12-5-3-10(4-6-12)14(19)20-13-8-9-1-2-11(13)7-9/h3-6,9,11,13H,1-2,7-8H2/t9-,11+,13+/m1/s1. The second-order valence-electron chi connectivity index (χ2n) is 5.69. The van der Waals surface area contributed by atoms with E-state index in [0.717, 1.165) is 31.4 Å². The number of carbonyl (C=O) groups excluding carboxylic acids is 1. The second-order valence-corrected chi connectivity index (χ2v) is 5.69. The van der Waals surface area contributed by atoms with Gasteiger partial charge in [0.1, 0.15) is 6.10 Å². The predicted molar refractivity (Wildman–Crippen MR) is 66.1 cm³/mol. The average molecular weight is 284 g/mol. The van der Waals surface area contributed by atoms with Gasteiger partial charge < -0.3 is 4.74 Å². The Labute approximate surface area is 114 Å². The van der Waals surface area contributed by atoms with E-state index in [9.17, 15) is 18.0 Å². The molecule has 0 N–H and O–H groups in total. The van der Waals surface area contributed by atoms with Gasteiger partial charge in [-0.05, 0) is 61.8 Å². The molecular weight excluding hydrogens is 269 g/mol. The van der Waals surface area contributed by atoms with Crippen LogP contribution in [-0.4, -0.2) is 12.1 Å². The molecule has 2 fully saturated rings. The zero-order valence-corrected chi connectivity index (χ0v) is 10.8. The lowest BCUT2D eigenvalue weighted by Crippen LogP contribution is -2.24. The molecule has 2 aliphatic carbocycles. The number of hydrogen-bond donors (Lipinski definition) is 0. The number of halogens is 3. The van der Waals surface area contributed by atoms with Crippen LogP contribution in [0, 0.1) is 11.8 Å². The number of fused-ring (bicyclic) bond motifs is 2. The summed E-state index contributed by atoms with van der Waals surface area (Å²) in [5, 5.41) is 0. The van der Waals surface area contributed by atoms with E-state index >= 15 is 0 Å².